The molecule has 1 heterocycles. The van der Waals surface area contributed by atoms with Gasteiger partial charge in [-0.1, -0.05) is 43.3 Å². The van der Waals surface area contributed by atoms with Gasteiger partial charge < -0.3 is 10.2 Å². The highest BCUT2D eigenvalue weighted by Gasteiger charge is 2.36. The molecule has 0 aromatic heterocycles. The number of anilines is 2. The third kappa shape index (κ3) is 3.50. The van der Waals surface area contributed by atoms with Gasteiger partial charge in [0.2, 0.25) is 11.8 Å². The van der Waals surface area contributed by atoms with Crippen LogP contribution in [0.1, 0.15) is 43.2 Å². The van der Waals surface area contributed by atoms with Crippen molar-refractivity contribution in [3.8, 4) is 0 Å². The predicted octanol–water partition coefficient (Wildman–Crippen LogP) is 4.12. The lowest BCUT2D eigenvalue weighted by molar-refractivity contribution is -0.119. The zero-order chi connectivity index (χ0) is 18.1. The van der Waals surface area contributed by atoms with Crippen molar-refractivity contribution in [2.75, 3.05) is 16.8 Å². The van der Waals surface area contributed by atoms with Gasteiger partial charge in [0.05, 0.1) is 0 Å². The maximum atomic E-state index is 12.4. The summed E-state index contributed by atoms with van der Waals surface area (Å²) in [6.45, 7) is 2.82. The maximum absolute atomic E-state index is 12.4. The van der Waals surface area contributed by atoms with Crippen LogP contribution in [0.5, 0.6) is 0 Å². The first-order valence-electron chi connectivity index (χ1n) is 9.41. The quantitative estimate of drug-likeness (QED) is 0.884. The molecule has 1 N–H and O–H groups in total. The van der Waals surface area contributed by atoms with Crippen LogP contribution in [0, 0.1) is 5.92 Å². The highest BCUT2D eigenvalue weighted by Crippen LogP contribution is 2.37. The molecule has 26 heavy (non-hydrogen) atoms. The van der Waals surface area contributed by atoms with Crippen molar-refractivity contribution in [3.63, 3.8) is 0 Å². The zero-order valence-electron chi connectivity index (χ0n) is 15.1. The summed E-state index contributed by atoms with van der Waals surface area (Å²) in [7, 11) is 0. The summed E-state index contributed by atoms with van der Waals surface area (Å²) >= 11 is 0. The fourth-order valence-electron chi connectivity index (χ4n) is 3.63. The predicted molar refractivity (Wildman–Crippen MR) is 103 cm³/mol. The Morgan fingerprint density at radius 3 is 2.65 bits per heavy atom. The number of nitrogens with one attached hydrogen (secondary N) is 1. The van der Waals surface area contributed by atoms with E-state index in [9.17, 15) is 9.59 Å². The summed E-state index contributed by atoms with van der Waals surface area (Å²) in [5, 5.41) is 3.00. The van der Waals surface area contributed by atoms with Crippen molar-refractivity contribution in [1.29, 1.82) is 0 Å². The molecule has 2 aromatic rings. The Morgan fingerprint density at radius 1 is 1.15 bits per heavy atom. The molecule has 1 atom stereocenters. The average Bonchev–Trinajstić information content (AvgIpc) is 3.41. The van der Waals surface area contributed by atoms with Crippen molar-refractivity contribution < 1.29 is 9.59 Å². The van der Waals surface area contributed by atoms with Gasteiger partial charge in [-0.25, -0.2) is 0 Å². The Kier molecular flexibility index (Phi) is 4.49. The Morgan fingerprint density at radius 2 is 1.92 bits per heavy atom. The summed E-state index contributed by atoms with van der Waals surface area (Å²) in [4.78, 5) is 26.8. The number of hydrogen-bond donors (Lipinski definition) is 1. The highest BCUT2D eigenvalue weighted by atomic mass is 16.2. The lowest BCUT2D eigenvalue weighted by Gasteiger charge is -2.18. The molecule has 1 saturated carbocycles. The molecule has 4 heteroatoms. The molecular formula is C22H24N2O2. The van der Waals surface area contributed by atoms with Gasteiger partial charge in [-0.15, -0.1) is 0 Å². The van der Waals surface area contributed by atoms with Crippen LogP contribution in [-0.2, 0) is 16.0 Å². The van der Waals surface area contributed by atoms with E-state index < -0.39 is 0 Å². The van der Waals surface area contributed by atoms with Crippen molar-refractivity contribution in [2.45, 2.75) is 38.5 Å². The van der Waals surface area contributed by atoms with Crippen LogP contribution < -0.4 is 10.2 Å². The number of carbonyl (C=O) groups excluding carboxylic acids is 2. The van der Waals surface area contributed by atoms with E-state index in [4.69, 9.17) is 0 Å². The van der Waals surface area contributed by atoms with Crippen LogP contribution in [0.2, 0.25) is 0 Å². The van der Waals surface area contributed by atoms with E-state index in [0.717, 1.165) is 42.7 Å². The average molecular weight is 348 g/mol. The second-order valence-corrected chi connectivity index (χ2v) is 7.42. The molecule has 134 valence electrons. The molecule has 4 rings (SSSR count). The highest BCUT2D eigenvalue weighted by molar-refractivity contribution is 5.99. The van der Waals surface area contributed by atoms with E-state index >= 15 is 0 Å². The fourth-order valence-corrected chi connectivity index (χ4v) is 3.63. The van der Waals surface area contributed by atoms with Crippen LogP contribution in [0.3, 0.4) is 0 Å². The summed E-state index contributed by atoms with van der Waals surface area (Å²) in [5.74, 6) is 0.619. The molecule has 0 saturated heterocycles. The third-order valence-corrected chi connectivity index (χ3v) is 5.32. The Bertz CT molecular complexity index is 827. The zero-order valence-corrected chi connectivity index (χ0v) is 15.1. The Labute approximate surface area is 154 Å². The van der Waals surface area contributed by atoms with Gasteiger partial charge in [0, 0.05) is 30.3 Å². The second-order valence-electron chi connectivity index (χ2n) is 7.42. The molecule has 1 aliphatic heterocycles. The standard InChI is InChI=1S/C22H24N2O2/c1-15(16-5-3-2-4-6-16)13-21(25)23-19-10-9-17-11-12-24(20(17)14-19)22(26)18-7-8-18/h2-6,9-10,14-15,18H,7-8,11-13H2,1H3,(H,23,25). The number of nitrogens with zero attached hydrogens (tertiary/aromatic N) is 1. The summed E-state index contributed by atoms with van der Waals surface area (Å²) < 4.78 is 0. The number of fused-ring (bicyclic) bond motifs is 1. The number of rotatable bonds is 5. The molecular weight excluding hydrogens is 324 g/mol. The van der Waals surface area contributed by atoms with E-state index in [-0.39, 0.29) is 23.7 Å². The molecule has 2 aromatic carbocycles. The van der Waals surface area contributed by atoms with Crippen molar-refractivity contribution in [3.05, 3.63) is 59.7 Å². The monoisotopic (exact) mass is 348 g/mol. The van der Waals surface area contributed by atoms with Crippen LogP contribution in [0.15, 0.2) is 48.5 Å². The Balaban J connectivity index is 1.43. The number of amides is 2. The van der Waals surface area contributed by atoms with Crippen molar-refractivity contribution in [2.24, 2.45) is 5.92 Å². The topological polar surface area (TPSA) is 49.4 Å². The molecule has 2 amide bonds. The van der Waals surface area contributed by atoms with E-state index in [1.165, 1.54) is 5.56 Å². The van der Waals surface area contributed by atoms with Gasteiger partial charge in [0.1, 0.15) is 0 Å². The van der Waals surface area contributed by atoms with Gasteiger partial charge in [-0.05, 0) is 48.4 Å². The fraction of sp³-hybridized carbons (Fsp3) is 0.364. The number of carbonyl (C=O) groups is 2. The SMILES string of the molecule is CC(CC(=O)Nc1ccc2c(c1)N(C(=O)C1CC1)CC2)c1ccccc1. The van der Waals surface area contributed by atoms with E-state index in [1.54, 1.807) is 0 Å². The molecule has 0 bridgehead atoms. The number of hydrogen-bond acceptors (Lipinski definition) is 2. The van der Waals surface area contributed by atoms with E-state index in [1.807, 2.05) is 41.3 Å². The summed E-state index contributed by atoms with van der Waals surface area (Å²) in [6.07, 6.45) is 3.36. The molecule has 0 spiro atoms. The van der Waals surface area contributed by atoms with Gasteiger partial charge >= 0.3 is 0 Å². The minimum atomic E-state index is -0.000584. The minimum absolute atomic E-state index is 0.000584. The molecule has 1 fully saturated rings. The first kappa shape index (κ1) is 16.8. The lowest BCUT2D eigenvalue weighted by atomic mass is 9.97. The first-order valence-corrected chi connectivity index (χ1v) is 9.41. The molecule has 2 aliphatic rings. The van der Waals surface area contributed by atoms with Crippen LogP contribution in [0.25, 0.3) is 0 Å². The largest absolute Gasteiger partial charge is 0.326 e. The van der Waals surface area contributed by atoms with Gasteiger partial charge in [0.15, 0.2) is 0 Å². The maximum Gasteiger partial charge on any atom is 0.230 e. The second kappa shape index (κ2) is 6.94. The van der Waals surface area contributed by atoms with Gasteiger partial charge in [-0.2, -0.15) is 0 Å². The summed E-state index contributed by atoms with van der Waals surface area (Å²) in [6, 6.07) is 16.0. The van der Waals surface area contributed by atoms with Crippen LogP contribution in [-0.4, -0.2) is 18.4 Å². The lowest BCUT2D eigenvalue weighted by Crippen LogP contribution is -2.30. The first-order chi connectivity index (χ1) is 12.6. The smallest absolute Gasteiger partial charge is 0.230 e. The molecule has 1 aliphatic carbocycles. The van der Waals surface area contributed by atoms with Gasteiger partial charge in [0.25, 0.3) is 0 Å². The minimum Gasteiger partial charge on any atom is -0.326 e. The van der Waals surface area contributed by atoms with E-state index in [2.05, 4.69) is 24.4 Å². The normalized spacial score (nSPS) is 16.9. The van der Waals surface area contributed by atoms with Gasteiger partial charge in [-0.3, -0.25) is 9.59 Å². The molecule has 1 unspecified atom stereocenters. The van der Waals surface area contributed by atoms with Crippen molar-refractivity contribution >= 4 is 23.2 Å². The number of benzene rings is 2. The molecule has 4 nitrogen and oxygen atoms in total. The molecule has 0 radical (unpaired) electrons. The van der Waals surface area contributed by atoms with Crippen LogP contribution >= 0.6 is 0 Å². The summed E-state index contributed by atoms with van der Waals surface area (Å²) in [5.41, 5.74) is 4.09. The third-order valence-electron chi connectivity index (χ3n) is 5.32. The Hall–Kier alpha value is -2.62. The van der Waals surface area contributed by atoms with Crippen molar-refractivity contribution in [1.82, 2.24) is 0 Å². The van der Waals surface area contributed by atoms with E-state index in [0.29, 0.717) is 6.42 Å². The van der Waals surface area contributed by atoms with Crippen LogP contribution in [0.4, 0.5) is 11.4 Å².